The van der Waals surface area contributed by atoms with Crippen LogP contribution in [-0.2, 0) is 65.6 Å². The zero-order valence-corrected chi connectivity index (χ0v) is 27.9. The lowest BCUT2D eigenvalue weighted by Crippen LogP contribution is -2.55. The number of rotatable bonds is 21. The minimum Gasteiger partial charge on any atom is -0.426 e. The molecule has 4 atom stereocenters. The summed E-state index contributed by atoms with van der Waals surface area (Å²) in [6.45, 7) is -0.371. The second kappa shape index (κ2) is 19.3. The Morgan fingerprint density at radius 2 is 1.48 bits per heavy atom. The summed E-state index contributed by atoms with van der Waals surface area (Å²) in [6, 6.07) is 0. The van der Waals surface area contributed by atoms with Gasteiger partial charge in [0.25, 0.3) is 5.91 Å². The molecule has 2 aliphatic heterocycles. The molecule has 1 saturated heterocycles. The van der Waals surface area contributed by atoms with Gasteiger partial charge in [-0.3, -0.25) is 9.32 Å². The van der Waals surface area contributed by atoms with Crippen LogP contribution in [0.25, 0.3) is 0 Å². The van der Waals surface area contributed by atoms with Crippen molar-refractivity contribution in [1.82, 2.24) is 10.2 Å². The highest BCUT2D eigenvalue weighted by molar-refractivity contribution is 7.48. The number of phosphoric ester groups is 1. The molecule has 276 valence electrons. The van der Waals surface area contributed by atoms with Gasteiger partial charge in [0.2, 0.25) is 13.6 Å². The Morgan fingerprint density at radius 1 is 1.00 bits per heavy atom. The molecule has 0 spiro atoms. The number of phosphoric acid groups is 1. The van der Waals surface area contributed by atoms with Gasteiger partial charge in [0.15, 0.2) is 24.0 Å². The molecule has 2 heterocycles. The number of carbonyl (C=O) groups excluding carboxylic acids is 3. The van der Waals surface area contributed by atoms with Gasteiger partial charge in [-0.25, -0.2) is 27.6 Å². The van der Waals surface area contributed by atoms with E-state index >= 15 is 0 Å². The summed E-state index contributed by atoms with van der Waals surface area (Å²) in [5.41, 5.74) is -4.66. The number of carbonyl (C=O) groups is 3. The number of methoxy groups -OCH3 is 4. The monoisotopic (exact) mass is 720 g/mol. The maximum Gasteiger partial charge on any atom is 0.510 e. The molecular formula is C26H42FN2O18P. The van der Waals surface area contributed by atoms with Crippen LogP contribution in [0, 0.1) is 0 Å². The first kappa shape index (κ1) is 41.2. The van der Waals surface area contributed by atoms with Crippen molar-refractivity contribution in [1.29, 1.82) is 0 Å². The van der Waals surface area contributed by atoms with Crippen molar-refractivity contribution in [3.05, 3.63) is 24.7 Å². The molecule has 0 unspecified atom stereocenters. The average molecular weight is 721 g/mol. The molecule has 22 heteroatoms. The third-order valence-electron chi connectivity index (χ3n) is 6.52. The molecule has 0 aromatic rings. The van der Waals surface area contributed by atoms with Crippen LogP contribution in [0.4, 0.5) is 14.0 Å². The molecule has 20 nitrogen and oxygen atoms in total. The summed E-state index contributed by atoms with van der Waals surface area (Å²) >= 11 is 0. The van der Waals surface area contributed by atoms with Crippen molar-refractivity contribution in [2.45, 2.75) is 42.7 Å². The number of aliphatic hydroxyl groups is 2. The number of aliphatic hydroxyl groups excluding tert-OH is 1. The minimum absolute atomic E-state index is 0.0527. The van der Waals surface area contributed by atoms with E-state index < -0.39 is 88.6 Å². The number of hydrogen-bond donors (Lipinski definition) is 3. The van der Waals surface area contributed by atoms with Crippen LogP contribution in [-0.4, -0.2) is 151 Å². The van der Waals surface area contributed by atoms with E-state index in [9.17, 15) is 33.6 Å². The van der Waals surface area contributed by atoms with E-state index in [1.54, 1.807) is 0 Å². The van der Waals surface area contributed by atoms with Crippen LogP contribution in [0.3, 0.4) is 0 Å². The Morgan fingerprint density at radius 3 is 1.90 bits per heavy atom. The number of amides is 1. The van der Waals surface area contributed by atoms with Gasteiger partial charge in [0.05, 0.1) is 33.0 Å². The van der Waals surface area contributed by atoms with Gasteiger partial charge in [0, 0.05) is 40.7 Å². The smallest absolute Gasteiger partial charge is 0.426 e. The van der Waals surface area contributed by atoms with E-state index in [2.05, 4.69) is 11.9 Å². The molecule has 0 radical (unpaired) electrons. The van der Waals surface area contributed by atoms with Crippen LogP contribution in [0.2, 0.25) is 0 Å². The first-order valence-corrected chi connectivity index (χ1v) is 15.4. The van der Waals surface area contributed by atoms with E-state index in [1.165, 1.54) is 34.6 Å². The van der Waals surface area contributed by atoms with Gasteiger partial charge in [-0.05, 0) is 6.92 Å². The summed E-state index contributed by atoms with van der Waals surface area (Å²) in [5.74, 6) is -0.611. The van der Waals surface area contributed by atoms with Crippen LogP contribution < -0.4 is 5.32 Å². The molecule has 0 aliphatic carbocycles. The van der Waals surface area contributed by atoms with Crippen molar-refractivity contribution in [2.24, 2.45) is 0 Å². The zero-order valence-electron chi connectivity index (χ0n) is 27.0. The fourth-order valence-corrected chi connectivity index (χ4v) is 5.23. The van der Waals surface area contributed by atoms with Crippen LogP contribution in [0.1, 0.15) is 6.92 Å². The van der Waals surface area contributed by atoms with Crippen molar-refractivity contribution < 1.29 is 89.8 Å². The Labute approximate surface area is 275 Å². The zero-order chi connectivity index (χ0) is 36.0. The summed E-state index contributed by atoms with van der Waals surface area (Å²) in [6.07, 6.45) is -5.72. The number of ether oxygens (including phenoxy) is 9. The summed E-state index contributed by atoms with van der Waals surface area (Å²) in [4.78, 5) is 37.0. The number of nitrogens with zero attached hydrogens (tertiary/aromatic N) is 1. The minimum atomic E-state index is -5.01. The third kappa shape index (κ3) is 11.6. The lowest BCUT2D eigenvalue weighted by atomic mass is 9.88. The maximum absolute atomic E-state index is 14.6. The Bertz CT molecular complexity index is 1110. The van der Waals surface area contributed by atoms with E-state index in [1.807, 2.05) is 0 Å². The number of halogens is 1. The number of hydrogen-bond acceptors (Lipinski definition) is 19. The van der Waals surface area contributed by atoms with Gasteiger partial charge >= 0.3 is 20.1 Å². The summed E-state index contributed by atoms with van der Waals surface area (Å²) in [7, 11) is 0.410. The van der Waals surface area contributed by atoms with E-state index in [-0.39, 0.29) is 32.2 Å². The molecular weight excluding hydrogens is 678 g/mol. The second-order valence-corrected chi connectivity index (χ2v) is 11.9. The number of alkyl halides is 1. The van der Waals surface area contributed by atoms with Crippen molar-refractivity contribution in [3.8, 4) is 0 Å². The van der Waals surface area contributed by atoms with E-state index in [0.717, 1.165) is 17.9 Å². The standard InChI is InChI=1S/C26H42FN2O18P/c1-17-28-20(30)7-8-29(17)22-25(2,34)21(31)26(13-27,47-22)14-42-48(35,43-15-40-23(32)45-18(9-36-3)10-37-4)44-16-41-24(33)46-19(11-38-5)12-39-6/h7-8,18-19,21-22,31,34H,1,9-16H2,2-6H3,(H,28,30)/t21-,22+,25+,26+/m0/s1. The Hall–Kier alpha value is -2.95. The molecule has 48 heavy (non-hydrogen) atoms. The largest absolute Gasteiger partial charge is 0.510 e. The molecule has 0 saturated carbocycles. The van der Waals surface area contributed by atoms with E-state index in [4.69, 9.17) is 56.2 Å². The SMILES string of the molecule is C=C1NC(=O)C=CN1[C@@H]1O[C@](CF)(COP(=O)(OCOC(=O)OC(COC)COC)OCOC(=O)OC(COC)COC)[C@@H](O)[C@@]1(C)O. The highest BCUT2D eigenvalue weighted by Gasteiger charge is 2.64. The van der Waals surface area contributed by atoms with Crippen LogP contribution in [0.15, 0.2) is 24.7 Å². The molecule has 1 amide bonds. The molecule has 1 fully saturated rings. The molecule has 0 bridgehead atoms. The Balaban J connectivity index is 2.18. The summed E-state index contributed by atoms with van der Waals surface area (Å²) in [5, 5.41) is 24.5. The molecule has 2 rings (SSSR count). The molecule has 0 aromatic carbocycles. The molecule has 2 aliphatic rings. The molecule has 3 N–H and O–H groups in total. The Kier molecular flexibility index (Phi) is 16.6. The van der Waals surface area contributed by atoms with Crippen molar-refractivity contribution in [3.63, 3.8) is 0 Å². The van der Waals surface area contributed by atoms with E-state index in [0.29, 0.717) is 0 Å². The third-order valence-corrected chi connectivity index (χ3v) is 7.81. The van der Waals surface area contributed by atoms with Gasteiger partial charge in [-0.1, -0.05) is 6.58 Å². The predicted molar refractivity (Wildman–Crippen MR) is 154 cm³/mol. The normalized spacial score (nSPS) is 24.2. The highest BCUT2D eigenvalue weighted by atomic mass is 31.2. The van der Waals surface area contributed by atoms with Crippen molar-refractivity contribution >= 4 is 26.0 Å². The maximum atomic E-state index is 14.6. The van der Waals surface area contributed by atoms with Gasteiger partial charge in [-0.15, -0.1) is 0 Å². The fourth-order valence-electron chi connectivity index (χ4n) is 4.27. The first-order chi connectivity index (χ1) is 22.7. The predicted octanol–water partition coefficient (Wildman–Crippen LogP) is 0.282. The van der Waals surface area contributed by atoms with Crippen LogP contribution in [0.5, 0.6) is 0 Å². The quantitative estimate of drug-likeness (QED) is 0.0820. The van der Waals surface area contributed by atoms with Gasteiger partial charge < -0.3 is 63.1 Å². The van der Waals surface area contributed by atoms with Crippen LogP contribution >= 0.6 is 7.82 Å². The average Bonchev–Trinajstić information content (AvgIpc) is 3.21. The van der Waals surface area contributed by atoms with Gasteiger partial charge in [-0.2, -0.15) is 0 Å². The molecule has 0 aromatic heterocycles. The lowest BCUT2D eigenvalue weighted by Gasteiger charge is -2.37. The van der Waals surface area contributed by atoms with Gasteiger partial charge in [0.1, 0.15) is 24.2 Å². The van der Waals surface area contributed by atoms with Crippen molar-refractivity contribution in [2.75, 3.05) is 81.7 Å². The lowest BCUT2D eigenvalue weighted by molar-refractivity contribution is -0.150. The number of nitrogens with one attached hydrogen (secondary N) is 1. The summed E-state index contributed by atoms with van der Waals surface area (Å²) < 4.78 is 88.2. The highest BCUT2D eigenvalue weighted by Crippen LogP contribution is 2.52. The first-order valence-electron chi connectivity index (χ1n) is 14.0. The topological polar surface area (TPSA) is 235 Å². The fraction of sp³-hybridized carbons (Fsp3) is 0.731. The second-order valence-electron chi connectivity index (χ2n) is 10.3.